The highest BCUT2D eigenvalue weighted by Crippen LogP contribution is 2.26. The Morgan fingerprint density at radius 1 is 1.22 bits per heavy atom. The number of unbranched alkanes of at least 4 members (excludes halogenated alkanes) is 1. The Morgan fingerprint density at radius 2 is 1.94 bits per heavy atom. The highest BCUT2D eigenvalue weighted by molar-refractivity contribution is 7.89. The standard InChI is InChI=1S/C12H14ClNO3S/c13-7-3-4-8-14-9-11(15)10-5-1-2-6-12(10)18(14,16)17/h1-2,5-6H,3-4,7-9H2. The van der Waals surface area contributed by atoms with Gasteiger partial charge in [-0.15, -0.1) is 11.6 Å². The first kappa shape index (κ1) is 13.5. The van der Waals surface area contributed by atoms with E-state index < -0.39 is 10.0 Å². The van der Waals surface area contributed by atoms with Crippen LogP contribution in [0.3, 0.4) is 0 Å². The second-order valence-electron chi connectivity index (χ2n) is 4.15. The first-order chi connectivity index (χ1) is 8.57. The molecule has 0 fully saturated rings. The van der Waals surface area contributed by atoms with Gasteiger partial charge in [-0.3, -0.25) is 4.79 Å². The van der Waals surface area contributed by atoms with Crippen LogP contribution in [0.1, 0.15) is 23.2 Å². The summed E-state index contributed by atoms with van der Waals surface area (Å²) in [6, 6.07) is 6.35. The average molecular weight is 288 g/mol. The Bertz CT molecular complexity index is 556. The van der Waals surface area contributed by atoms with Crippen LogP contribution < -0.4 is 0 Å². The third-order valence-electron chi connectivity index (χ3n) is 2.92. The molecule has 98 valence electrons. The zero-order chi connectivity index (χ0) is 13.2. The molecule has 0 bridgehead atoms. The van der Waals surface area contributed by atoms with Crippen LogP contribution in [0.5, 0.6) is 0 Å². The first-order valence-electron chi connectivity index (χ1n) is 5.75. The topological polar surface area (TPSA) is 54.5 Å². The Kier molecular flexibility index (Phi) is 4.04. The second kappa shape index (κ2) is 5.38. The lowest BCUT2D eigenvalue weighted by Gasteiger charge is -2.27. The maximum absolute atomic E-state index is 12.3. The summed E-state index contributed by atoms with van der Waals surface area (Å²) in [5.41, 5.74) is 0.297. The molecule has 4 nitrogen and oxygen atoms in total. The van der Waals surface area contributed by atoms with Gasteiger partial charge < -0.3 is 0 Å². The summed E-state index contributed by atoms with van der Waals surface area (Å²) >= 11 is 5.57. The molecule has 6 heteroatoms. The number of halogens is 1. The molecular weight excluding hydrogens is 274 g/mol. The second-order valence-corrected chi connectivity index (χ2v) is 6.44. The van der Waals surface area contributed by atoms with Gasteiger partial charge in [-0.2, -0.15) is 4.31 Å². The molecule has 0 atom stereocenters. The molecule has 0 radical (unpaired) electrons. The molecule has 1 aliphatic heterocycles. The summed E-state index contributed by atoms with van der Waals surface area (Å²) in [5.74, 6) is 0.351. The lowest BCUT2D eigenvalue weighted by Crippen LogP contribution is -2.41. The van der Waals surface area contributed by atoms with Crippen molar-refractivity contribution in [2.45, 2.75) is 17.7 Å². The minimum Gasteiger partial charge on any atom is -0.293 e. The molecule has 1 heterocycles. The van der Waals surface area contributed by atoms with E-state index in [0.29, 0.717) is 24.4 Å². The van der Waals surface area contributed by atoms with E-state index in [1.807, 2.05) is 0 Å². The van der Waals surface area contributed by atoms with Crippen LogP contribution in [-0.2, 0) is 10.0 Å². The summed E-state index contributed by atoms with van der Waals surface area (Å²) in [4.78, 5) is 12.0. The number of Topliss-reactive ketones (excluding diaryl/α,β-unsaturated/α-hetero) is 1. The minimum absolute atomic E-state index is 0.0678. The number of ketones is 1. The molecule has 0 spiro atoms. The summed E-state index contributed by atoms with van der Waals surface area (Å²) in [5, 5.41) is 0. The van der Waals surface area contributed by atoms with Crippen LogP contribution in [0.4, 0.5) is 0 Å². The quantitative estimate of drug-likeness (QED) is 0.628. The fourth-order valence-corrected chi connectivity index (χ4v) is 3.81. The number of fused-ring (bicyclic) bond motifs is 1. The highest BCUT2D eigenvalue weighted by Gasteiger charge is 2.35. The number of hydrogen-bond acceptors (Lipinski definition) is 3. The van der Waals surface area contributed by atoms with Crippen molar-refractivity contribution in [3.05, 3.63) is 29.8 Å². The molecule has 0 aromatic heterocycles. The van der Waals surface area contributed by atoms with E-state index in [-0.39, 0.29) is 17.2 Å². The minimum atomic E-state index is -3.53. The van der Waals surface area contributed by atoms with Gasteiger partial charge in [-0.25, -0.2) is 8.42 Å². The van der Waals surface area contributed by atoms with Crippen molar-refractivity contribution in [3.8, 4) is 0 Å². The summed E-state index contributed by atoms with van der Waals surface area (Å²) < 4.78 is 25.8. The molecule has 0 saturated carbocycles. The van der Waals surface area contributed by atoms with Gasteiger partial charge in [0.05, 0.1) is 11.4 Å². The van der Waals surface area contributed by atoms with Crippen LogP contribution in [0.15, 0.2) is 29.2 Å². The molecule has 0 unspecified atom stereocenters. The van der Waals surface area contributed by atoms with Crippen LogP contribution in [0.2, 0.25) is 0 Å². The Morgan fingerprint density at radius 3 is 2.67 bits per heavy atom. The predicted octanol–water partition coefficient (Wildman–Crippen LogP) is 1.89. The number of alkyl halides is 1. The fourth-order valence-electron chi connectivity index (χ4n) is 1.97. The van der Waals surface area contributed by atoms with Gasteiger partial charge in [0.1, 0.15) is 0 Å². The van der Waals surface area contributed by atoms with Gasteiger partial charge in [0, 0.05) is 18.0 Å². The van der Waals surface area contributed by atoms with Gasteiger partial charge in [0.25, 0.3) is 0 Å². The number of nitrogens with zero attached hydrogens (tertiary/aromatic N) is 1. The highest BCUT2D eigenvalue weighted by atomic mass is 35.5. The van der Waals surface area contributed by atoms with Crippen molar-refractivity contribution >= 4 is 27.4 Å². The number of rotatable bonds is 4. The van der Waals surface area contributed by atoms with E-state index in [2.05, 4.69) is 0 Å². The van der Waals surface area contributed by atoms with Gasteiger partial charge in [-0.1, -0.05) is 12.1 Å². The largest absolute Gasteiger partial charge is 0.293 e. The third-order valence-corrected chi connectivity index (χ3v) is 5.09. The van der Waals surface area contributed by atoms with E-state index >= 15 is 0 Å². The van der Waals surface area contributed by atoms with Crippen LogP contribution in [0, 0.1) is 0 Å². The number of benzene rings is 1. The van der Waals surface area contributed by atoms with Crippen molar-refractivity contribution < 1.29 is 13.2 Å². The van der Waals surface area contributed by atoms with Gasteiger partial charge >= 0.3 is 0 Å². The lowest BCUT2D eigenvalue weighted by atomic mass is 10.1. The summed E-state index contributed by atoms with van der Waals surface area (Å²) in [6.07, 6.45) is 1.40. The van der Waals surface area contributed by atoms with Crippen molar-refractivity contribution in [2.75, 3.05) is 19.0 Å². The molecule has 18 heavy (non-hydrogen) atoms. The first-order valence-corrected chi connectivity index (χ1v) is 7.73. The fraction of sp³-hybridized carbons (Fsp3) is 0.417. The van der Waals surface area contributed by atoms with E-state index in [9.17, 15) is 13.2 Å². The summed E-state index contributed by atoms with van der Waals surface area (Å²) in [7, 11) is -3.53. The Hall–Kier alpha value is -0.910. The van der Waals surface area contributed by atoms with Crippen LogP contribution in [0.25, 0.3) is 0 Å². The predicted molar refractivity (Wildman–Crippen MR) is 69.5 cm³/mol. The molecule has 2 rings (SSSR count). The SMILES string of the molecule is O=C1CN(CCCCCl)S(=O)(=O)c2ccccc21. The third kappa shape index (κ3) is 2.43. The van der Waals surface area contributed by atoms with Crippen LogP contribution >= 0.6 is 11.6 Å². The molecule has 0 aliphatic carbocycles. The number of carbonyl (C=O) groups excluding carboxylic acids is 1. The molecule has 0 amide bonds. The zero-order valence-corrected chi connectivity index (χ0v) is 11.4. The average Bonchev–Trinajstić information content (AvgIpc) is 2.36. The van der Waals surface area contributed by atoms with E-state index in [0.717, 1.165) is 6.42 Å². The normalized spacial score (nSPS) is 18.6. The number of hydrogen-bond donors (Lipinski definition) is 0. The molecule has 0 saturated heterocycles. The van der Waals surface area contributed by atoms with E-state index in [4.69, 9.17) is 11.6 Å². The Labute approximate surface area is 112 Å². The Balaban J connectivity index is 2.31. The lowest BCUT2D eigenvalue weighted by molar-refractivity contribution is 0.0955. The number of sulfonamides is 1. The molecule has 0 N–H and O–H groups in total. The van der Waals surface area contributed by atoms with E-state index in [1.165, 1.54) is 10.4 Å². The monoisotopic (exact) mass is 287 g/mol. The molecule has 1 aromatic carbocycles. The van der Waals surface area contributed by atoms with Gasteiger partial charge in [0.2, 0.25) is 10.0 Å². The van der Waals surface area contributed by atoms with Crippen molar-refractivity contribution in [3.63, 3.8) is 0 Å². The smallest absolute Gasteiger partial charge is 0.244 e. The maximum atomic E-state index is 12.3. The van der Waals surface area contributed by atoms with Gasteiger partial charge in [0.15, 0.2) is 5.78 Å². The number of carbonyl (C=O) groups is 1. The zero-order valence-electron chi connectivity index (χ0n) is 9.80. The van der Waals surface area contributed by atoms with Crippen LogP contribution in [-0.4, -0.2) is 37.5 Å². The molecule has 1 aromatic rings. The van der Waals surface area contributed by atoms with Crippen molar-refractivity contribution in [1.82, 2.24) is 4.31 Å². The van der Waals surface area contributed by atoms with Crippen molar-refractivity contribution in [1.29, 1.82) is 0 Å². The summed E-state index contributed by atoms with van der Waals surface area (Å²) in [6.45, 7) is 0.275. The molecule has 1 aliphatic rings. The van der Waals surface area contributed by atoms with Gasteiger partial charge in [-0.05, 0) is 25.0 Å². The van der Waals surface area contributed by atoms with E-state index in [1.54, 1.807) is 18.2 Å². The van der Waals surface area contributed by atoms with Crippen molar-refractivity contribution in [2.24, 2.45) is 0 Å². The maximum Gasteiger partial charge on any atom is 0.244 e. The molecular formula is C12H14ClNO3S.